The van der Waals surface area contributed by atoms with Crippen LogP contribution in [0.15, 0.2) is 127 Å². The normalized spacial score (nSPS) is 18.7. The predicted molar refractivity (Wildman–Crippen MR) is 173 cm³/mol. The minimum atomic E-state index is -2.92. The number of carbonyl (C=O) groups excluding carboxylic acids is 2. The van der Waals surface area contributed by atoms with Crippen molar-refractivity contribution in [3.05, 3.63) is 133 Å². The monoisotopic (exact) mass is 590 g/mol. The predicted octanol–water partition coefficient (Wildman–Crippen LogP) is 6.57. The van der Waals surface area contributed by atoms with Crippen LogP contribution in [0.25, 0.3) is 11.1 Å². The molecule has 0 radical (unpaired) electrons. The third-order valence-corrected chi connectivity index (χ3v) is 13.4. The molecule has 220 valence electrons. The number of hydrogen-bond donors (Lipinski definition) is 0. The summed E-state index contributed by atoms with van der Waals surface area (Å²) < 4.78 is 18.7. The van der Waals surface area contributed by atoms with Gasteiger partial charge in [0.05, 0.1) is 11.7 Å². The molecule has 0 N–H and O–H groups in total. The van der Waals surface area contributed by atoms with E-state index < -0.39 is 20.4 Å². The smallest absolute Gasteiger partial charge is 0.338 e. The number of ether oxygens (including phenoxy) is 2. The molecule has 6 heteroatoms. The third kappa shape index (κ3) is 6.26. The lowest BCUT2D eigenvalue weighted by Gasteiger charge is -2.45. The summed E-state index contributed by atoms with van der Waals surface area (Å²) in [7, 11) is -2.92. The molecular formula is C37H38O5Si. The Morgan fingerprint density at radius 3 is 1.84 bits per heavy atom. The standard InChI is InChI=1S/C37H38O5Si/c1-27-33(25-40-36(39)30-22-20-29(21-23-30)28-14-8-5-9-15-28)35(24-34(27)41-26-38)42-43(37(2,3)4,31-16-10-6-11-17-31)32-18-12-7-13-19-32/h5-23,26,33-35H,1,24-25H2,2-4H3/t33-,34+,35-/m0/s1. The van der Waals surface area contributed by atoms with Gasteiger partial charge in [-0.2, -0.15) is 0 Å². The summed E-state index contributed by atoms with van der Waals surface area (Å²) in [6.07, 6.45) is -0.456. The summed E-state index contributed by atoms with van der Waals surface area (Å²) in [5.41, 5.74) is 3.26. The zero-order chi connectivity index (χ0) is 30.5. The van der Waals surface area contributed by atoms with E-state index in [4.69, 9.17) is 13.9 Å². The van der Waals surface area contributed by atoms with Gasteiger partial charge in [0.2, 0.25) is 0 Å². The molecule has 5 nitrogen and oxygen atoms in total. The van der Waals surface area contributed by atoms with E-state index >= 15 is 0 Å². The van der Waals surface area contributed by atoms with Gasteiger partial charge in [-0.1, -0.05) is 130 Å². The van der Waals surface area contributed by atoms with Crippen LogP contribution >= 0.6 is 0 Å². The van der Waals surface area contributed by atoms with Gasteiger partial charge >= 0.3 is 5.97 Å². The minimum Gasteiger partial charge on any atom is -0.461 e. The molecule has 3 atom stereocenters. The molecule has 0 heterocycles. The average molecular weight is 591 g/mol. The topological polar surface area (TPSA) is 61.8 Å². The lowest BCUT2D eigenvalue weighted by Crippen LogP contribution is -2.68. The van der Waals surface area contributed by atoms with E-state index in [0.29, 0.717) is 24.0 Å². The zero-order valence-corrected chi connectivity index (χ0v) is 25.9. The summed E-state index contributed by atoms with van der Waals surface area (Å²) >= 11 is 0. The Labute approximate surface area is 255 Å². The van der Waals surface area contributed by atoms with Crippen molar-refractivity contribution in [2.24, 2.45) is 5.92 Å². The molecule has 0 unspecified atom stereocenters. The second-order valence-electron chi connectivity index (χ2n) is 12.0. The van der Waals surface area contributed by atoms with Crippen LogP contribution in [0.1, 0.15) is 37.6 Å². The molecule has 1 aliphatic rings. The van der Waals surface area contributed by atoms with Gasteiger partial charge < -0.3 is 13.9 Å². The summed E-state index contributed by atoms with van der Waals surface area (Å²) in [5.74, 6) is -0.768. The highest BCUT2D eigenvalue weighted by Gasteiger charge is 2.54. The first kappa shape index (κ1) is 30.2. The highest BCUT2D eigenvalue weighted by atomic mass is 28.4. The molecule has 4 aromatic rings. The number of carbonyl (C=O) groups is 2. The van der Waals surface area contributed by atoms with Crippen molar-refractivity contribution in [2.75, 3.05) is 6.61 Å². The van der Waals surface area contributed by atoms with Gasteiger partial charge in [-0.15, -0.1) is 0 Å². The van der Waals surface area contributed by atoms with E-state index in [1.807, 2.05) is 78.9 Å². The quantitative estimate of drug-likeness (QED) is 0.0905. The van der Waals surface area contributed by atoms with Crippen molar-refractivity contribution < 1.29 is 23.5 Å². The van der Waals surface area contributed by atoms with E-state index in [1.54, 1.807) is 12.1 Å². The van der Waals surface area contributed by atoms with E-state index in [1.165, 1.54) is 0 Å². The van der Waals surface area contributed by atoms with Gasteiger partial charge in [-0.05, 0) is 44.2 Å². The molecule has 0 aliphatic heterocycles. The van der Waals surface area contributed by atoms with Crippen molar-refractivity contribution >= 4 is 31.1 Å². The SMILES string of the molecule is C=C1[C@H](OC=O)C[C@H](O[Si](c2ccccc2)(c2ccccc2)C(C)(C)C)[C@H]1COC(=O)c1ccc(-c2ccccc2)cc1. The molecule has 0 aromatic heterocycles. The van der Waals surface area contributed by atoms with Crippen LogP contribution < -0.4 is 10.4 Å². The van der Waals surface area contributed by atoms with Crippen LogP contribution in [0.4, 0.5) is 0 Å². The molecule has 1 saturated carbocycles. The fourth-order valence-electron chi connectivity index (χ4n) is 6.16. The van der Waals surface area contributed by atoms with Crippen molar-refractivity contribution in [3.63, 3.8) is 0 Å². The summed E-state index contributed by atoms with van der Waals surface area (Å²) in [5, 5.41) is 2.05. The van der Waals surface area contributed by atoms with Crippen LogP contribution in [0, 0.1) is 5.92 Å². The van der Waals surface area contributed by atoms with Crippen molar-refractivity contribution in [1.29, 1.82) is 0 Å². The van der Waals surface area contributed by atoms with Crippen LogP contribution in [-0.4, -0.2) is 39.6 Å². The van der Waals surface area contributed by atoms with Crippen LogP contribution in [-0.2, 0) is 18.7 Å². The van der Waals surface area contributed by atoms with Crippen molar-refractivity contribution in [1.82, 2.24) is 0 Å². The molecule has 0 amide bonds. The lowest BCUT2D eigenvalue weighted by molar-refractivity contribution is -0.132. The first-order chi connectivity index (χ1) is 20.7. The second kappa shape index (κ2) is 12.9. The number of esters is 1. The molecule has 1 aliphatic carbocycles. The highest BCUT2D eigenvalue weighted by Crippen LogP contribution is 2.43. The average Bonchev–Trinajstić information content (AvgIpc) is 3.32. The molecule has 0 spiro atoms. The number of hydrogen-bond acceptors (Lipinski definition) is 5. The zero-order valence-electron chi connectivity index (χ0n) is 24.9. The fraction of sp³-hybridized carbons (Fsp3) is 0.243. The number of benzene rings is 4. The second-order valence-corrected chi connectivity index (χ2v) is 16.3. The summed E-state index contributed by atoms with van der Waals surface area (Å²) in [4.78, 5) is 24.6. The van der Waals surface area contributed by atoms with Crippen LogP contribution in [0.3, 0.4) is 0 Å². The summed E-state index contributed by atoms with van der Waals surface area (Å²) in [6.45, 7) is 11.5. The Morgan fingerprint density at radius 1 is 0.814 bits per heavy atom. The molecule has 5 rings (SSSR count). The van der Waals surface area contributed by atoms with Crippen molar-refractivity contribution in [3.8, 4) is 11.1 Å². The largest absolute Gasteiger partial charge is 0.461 e. The van der Waals surface area contributed by atoms with Gasteiger partial charge in [0.1, 0.15) is 12.7 Å². The molecular weight excluding hydrogens is 552 g/mol. The third-order valence-electron chi connectivity index (χ3n) is 8.37. The van der Waals surface area contributed by atoms with Gasteiger partial charge in [-0.25, -0.2) is 4.79 Å². The van der Waals surface area contributed by atoms with Gasteiger partial charge in [0, 0.05) is 12.3 Å². The first-order valence-corrected chi connectivity index (χ1v) is 16.5. The summed E-state index contributed by atoms with van der Waals surface area (Å²) in [6, 6.07) is 38.2. The first-order valence-electron chi connectivity index (χ1n) is 14.6. The maximum atomic E-state index is 13.2. The maximum absolute atomic E-state index is 13.2. The van der Waals surface area contributed by atoms with Gasteiger partial charge in [-0.3, -0.25) is 4.79 Å². The van der Waals surface area contributed by atoms with Gasteiger partial charge in [0.25, 0.3) is 14.8 Å². The van der Waals surface area contributed by atoms with E-state index in [2.05, 4.69) is 51.6 Å². The molecule has 0 saturated heterocycles. The fourth-order valence-corrected chi connectivity index (χ4v) is 10.9. The molecule has 1 fully saturated rings. The molecule has 43 heavy (non-hydrogen) atoms. The molecule has 4 aromatic carbocycles. The molecule has 0 bridgehead atoms. The lowest BCUT2D eigenvalue weighted by atomic mass is 10.0. The Bertz CT molecular complexity index is 1490. The Kier molecular flexibility index (Phi) is 9.09. The Morgan fingerprint density at radius 2 is 1.33 bits per heavy atom. The van der Waals surface area contributed by atoms with E-state index in [9.17, 15) is 9.59 Å². The van der Waals surface area contributed by atoms with Crippen molar-refractivity contribution in [2.45, 2.75) is 44.4 Å². The Balaban J connectivity index is 1.43. The van der Waals surface area contributed by atoms with E-state index in [0.717, 1.165) is 21.5 Å². The van der Waals surface area contributed by atoms with Gasteiger partial charge in [0.15, 0.2) is 0 Å². The number of rotatable bonds is 10. The van der Waals surface area contributed by atoms with Crippen LogP contribution in [0.2, 0.25) is 5.04 Å². The van der Waals surface area contributed by atoms with E-state index in [-0.39, 0.29) is 23.7 Å². The maximum Gasteiger partial charge on any atom is 0.338 e. The highest BCUT2D eigenvalue weighted by molar-refractivity contribution is 6.99. The Hall–Kier alpha value is -4.26. The van der Waals surface area contributed by atoms with Crippen LogP contribution in [0.5, 0.6) is 0 Å². The minimum absolute atomic E-state index is 0.0691.